The van der Waals surface area contributed by atoms with Crippen LogP contribution in [0.2, 0.25) is 0 Å². The van der Waals surface area contributed by atoms with Gasteiger partial charge < -0.3 is 14.1 Å². The summed E-state index contributed by atoms with van der Waals surface area (Å²) in [7, 11) is 0. The summed E-state index contributed by atoms with van der Waals surface area (Å²) in [5.74, 6) is 1.09. The van der Waals surface area contributed by atoms with Crippen LogP contribution in [0.15, 0.2) is 46.9 Å². The lowest BCUT2D eigenvalue weighted by molar-refractivity contribution is -0.384. The van der Waals surface area contributed by atoms with Gasteiger partial charge in [-0.3, -0.25) is 14.9 Å². The molecule has 0 N–H and O–H groups in total. The van der Waals surface area contributed by atoms with Crippen LogP contribution in [0.5, 0.6) is 5.75 Å². The molecule has 0 radical (unpaired) electrons. The van der Waals surface area contributed by atoms with Crippen molar-refractivity contribution >= 4 is 22.4 Å². The Bertz CT molecular complexity index is 1080. The van der Waals surface area contributed by atoms with E-state index in [2.05, 4.69) is 25.7 Å². The van der Waals surface area contributed by atoms with Crippen molar-refractivity contribution in [3.05, 3.63) is 69.5 Å². The second-order valence-electron chi connectivity index (χ2n) is 8.02. The number of rotatable bonds is 13. The van der Waals surface area contributed by atoms with Gasteiger partial charge in [0.1, 0.15) is 17.1 Å². The zero-order chi connectivity index (χ0) is 23.8. The molecule has 0 saturated heterocycles. The van der Waals surface area contributed by atoms with E-state index in [-0.39, 0.29) is 11.5 Å². The molecule has 0 atom stereocenters. The maximum absolute atomic E-state index is 13.4. The summed E-state index contributed by atoms with van der Waals surface area (Å²) < 4.78 is 11.8. The van der Waals surface area contributed by atoms with Crippen LogP contribution in [0, 0.1) is 10.1 Å². The highest BCUT2D eigenvalue weighted by Crippen LogP contribution is 2.32. The molecule has 1 aromatic heterocycles. The molecule has 0 fully saturated rings. The van der Waals surface area contributed by atoms with Gasteiger partial charge >= 0.3 is 0 Å². The lowest BCUT2D eigenvalue weighted by Crippen LogP contribution is -2.25. The van der Waals surface area contributed by atoms with Gasteiger partial charge in [0.05, 0.1) is 17.1 Å². The van der Waals surface area contributed by atoms with E-state index in [9.17, 15) is 14.9 Å². The Morgan fingerprint density at radius 3 is 2.42 bits per heavy atom. The van der Waals surface area contributed by atoms with E-state index in [1.54, 1.807) is 30.3 Å². The van der Waals surface area contributed by atoms with Crippen molar-refractivity contribution in [3.8, 4) is 5.75 Å². The second-order valence-corrected chi connectivity index (χ2v) is 8.02. The van der Waals surface area contributed by atoms with E-state index in [0.29, 0.717) is 46.6 Å². The molecule has 0 spiro atoms. The minimum atomic E-state index is -0.460. The second kappa shape index (κ2) is 11.6. The van der Waals surface area contributed by atoms with Crippen LogP contribution in [-0.2, 0) is 6.42 Å². The molecular formula is C26H32N2O5. The first-order chi connectivity index (χ1) is 16.0. The van der Waals surface area contributed by atoms with Crippen molar-refractivity contribution in [2.24, 2.45) is 0 Å². The SMILES string of the molecule is CCCCc1oc2ccc([N+](=O)[O-])cc2c1C(=O)c1ccc(OCCCN(CC)CC)cc1. The van der Waals surface area contributed by atoms with E-state index < -0.39 is 4.92 Å². The third kappa shape index (κ3) is 5.99. The quantitative estimate of drug-likeness (QED) is 0.136. The van der Waals surface area contributed by atoms with Gasteiger partial charge in [0.2, 0.25) is 0 Å². The van der Waals surface area contributed by atoms with E-state index in [4.69, 9.17) is 9.15 Å². The zero-order valence-electron chi connectivity index (χ0n) is 19.6. The number of nitro groups is 1. The number of furan rings is 1. The molecule has 0 amide bonds. The number of ketones is 1. The molecule has 33 heavy (non-hydrogen) atoms. The number of carbonyl (C=O) groups excluding carboxylic acids is 1. The number of benzene rings is 2. The van der Waals surface area contributed by atoms with Gasteiger partial charge in [-0.05, 0) is 56.3 Å². The molecule has 2 aromatic carbocycles. The van der Waals surface area contributed by atoms with Crippen molar-refractivity contribution in [1.29, 1.82) is 0 Å². The Morgan fingerprint density at radius 2 is 1.79 bits per heavy atom. The van der Waals surface area contributed by atoms with Crippen molar-refractivity contribution in [1.82, 2.24) is 4.90 Å². The lowest BCUT2D eigenvalue weighted by Gasteiger charge is -2.17. The summed E-state index contributed by atoms with van der Waals surface area (Å²) in [5.41, 5.74) is 1.34. The maximum Gasteiger partial charge on any atom is 0.270 e. The molecule has 0 aliphatic rings. The highest BCUT2D eigenvalue weighted by atomic mass is 16.6. The van der Waals surface area contributed by atoms with Gasteiger partial charge in [-0.1, -0.05) is 27.2 Å². The van der Waals surface area contributed by atoms with Gasteiger partial charge in [-0.15, -0.1) is 0 Å². The number of non-ortho nitro benzene ring substituents is 1. The molecule has 176 valence electrons. The summed E-state index contributed by atoms with van der Waals surface area (Å²) in [6.45, 7) is 10.0. The number of hydrogen-bond donors (Lipinski definition) is 0. The zero-order valence-corrected chi connectivity index (χ0v) is 19.6. The molecule has 0 unspecified atom stereocenters. The largest absolute Gasteiger partial charge is 0.494 e. The number of carbonyl (C=O) groups is 1. The molecule has 3 rings (SSSR count). The Balaban J connectivity index is 1.79. The first-order valence-corrected chi connectivity index (χ1v) is 11.7. The van der Waals surface area contributed by atoms with Gasteiger partial charge in [0.15, 0.2) is 5.78 Å². The number of hydrogen-bond acceptors (Lipinski definition) is 6. The first-order valence-electron chi connectivity index (χ1n) is 11.7. The van der Waals surface area contributed by atoms with Crippen molar-refractivity contribution in [3.63, 3.8) is 0 Å². The summed E-state index contributed by atoms with van der Waals surface area (Å²) >= 11 is 0. The van der Waals surface area contributed by atoms with E-state index >= 15 is 0 Å². The number of fused-ring (bicyclic) bond motifs is 1. The van der Waals surface area contributed by atoms with Gasteiger partial charge in [-0.2, -0.15) is 0 Å². The molecule has 0 aliphatic carbocycles. The van der Waals surface area contributed by atoms with Gasteiger partial charge in [-0.25, -0.2) is 0 Å². The summed E-state index contributed by atoms with van der Waals surface area (Å²) in [5, 5.41) is 11.7. The molecule has 0 saturated carbocycles. The molecule has 0 aliphatic heterocycles. The van der Waals surface area contributed by atoms with E-state index in [0.717, 1.165) is 38.9 Å². The standard InChI is InChI=1S/C26H32N2O5/c1-4-7-9-24-25(22-18-20(28(30)31)12-15-23(22)33-24)26(29)19-10-13-21(14-11-19)32-17-8-16-27(5-2)6-3/h10-15,18H,4-9,16-17H2,1-3H3. The van der Waals surface area contributed by atoms with E-state index in [1.165, 1.54) is 12.1 Å². The Kier molecular flexibility index (Phi) is 8.60. The van der Waals surface area contributed by atoms with Crippen LogP contribution in [0.4, 0.5) is 5.69 Å². The average Bonchev–Trinajstić information content (AvgIpc) is 3.20. The predicted octanol–water partition coefficient (Wildman–Crippen LogP) is 6.03. The van der Waals surface area contributed by atoms with Crippen molar-refractivity contribution in [2.75, 3.05) is 26.2 Å². The Labute approximate surface area is 194 Å². The van der Waals surface area contributed by atoms with Gasteiger partial charge in [0.25, 0.3) is 5.69 Å². The van der Waals surface area contributed by atoms with Crippen LogP contribution < -0.4 is 4.74 Å². The maximum atomic E-state index is 13.4. The number of aryl methyl sites for hydroxylation is 1. The van der Waals surface area contributed by atoms with Gasteiger partial charge in [0, 0.05) is 36.0 Å². The molecule has 3 aromatic rings. The van der Waals surface area contributed by atoms with Crippen LogP contribution in [0.3, 0.4) is 0 Å². The summed E-state index contributed by atoms with van der Waals surface area (Å²) in [4.78, 5) is 26.6. The summed E-state index contributed by atoms with van der Waals surface area (Å²) in [6, 6.07) is 11.5. The summed E-state index contributed by atoms with van der Waals surface area (Å²) in [6.07, 6.45) is 3.35. The van der Waals surface area contributed by atoms with E-state index in [1.807, 2.05) is 0 Å². The number of nitro benzene ring substituents is 1. The van der Waals surface area contributed by atoms with Crippen LogP contribution in [-0.4, -0.2) is 41.8 Å². The molecule has 0 bridgehead atoms. The monoisotopic (exact) mass is 452 g/mol. The molecule has 1 heterocycles. The van der Waals surface area contributed by atoms with Crippen molar-refractivity contribution < 1.29 is 18.9 Å². The normalized spacial score (nSPS) is 11.3. The minimum absolute atomic E-state index is 0.0622. The predicted molar refractivity (Wildman–Crippen MR) is 129 cm³/mol. The molecule has 7 heteroatoms. The fourth-order valence-electron chi connectivity index (χ4n) is 3.88. The highest BCUT2D eigenvalue weighted by molar-refractivity contribution is 6.17. The Morgan fingerprint density at radius 1 is 1.06 bits per heavy atom. The Hall–Kier alpha value is -3.19. The smallest absolute Gasteiger partial charge is 0.270 e. The van der Waals surface area contributed by atoms with Crippen LogP contribution in [0.25, 0.3) is 11.0 Å². The van der Waals surface area contributed by atoms with Crippen LogP contribution in [0.1, 0.15) is 61.7 Å². The topological polar surface area (TPSA) is 85.8 Å². The molecular weight excluding hydrogens is 420 g/mol. The third-order valence-corrected chi connectivity index (χ3v) is 5.84. The third-order valence-electron chi connectivity index (χ3n) is 5.84. The number of ether oxygens (including phenoxy) is 1. The lowest BCUT2D eigenvalue weighted by atomic mass is 9.98. The number of nitrogens with zero attached hydrogens (tertiary/aromatic N) is 2. The van der Waals surface area contributed by atoms with Crippen LogP contribution >= 0.6 is 0 Å². The fourth-order valence-corrected chi connectivity index (χ4v) is 3.88. The van der Waals surface area contributed by atoms with Crippen molar-refractivity contribution in [2.45, 2.75) is 46.5 Å². The average molecular weight is 453 g/mol. The number of unbranched alkanes of at least 4 members (excludes halogenated alkanes) is 1. The molecule has 7 nitrogen and oxygen atoms in total. The highest BCUT2D eigenvalue weighted by Gasteiger charge is 2.23. The minimum Gasteiger partial charge on any atom is -0.494 e. The first kappa shape index (κ1) is 24.5. The fraction of sp³-hybridized carbons (Fsp3) is 0.423.